The van der Waals surface area contributed by atoms with Crippen LogP contribution in [0.3, 0.4) is 0 Å². The molecule has 0 heterocycles. The zero-order valence-corrected chi connectivity index (χ0v) is 22.3. The molecule has 0 aromatic carbocycles. The van der Waals surface area contributed by atoms with E-state index < -0.39 is 11.4 Å². The number of carbonyl (C=O) groups is 1. The topological polar surface area (TPSA) is 57.5 Å². The molecule has 1 unspecified atom stereocenters. The van der Waals surface area contributed by atoms with E-state index in [0.717, 1.165) is 32.1 Å². The molecule has 33 heavy (non-hydrogen) atoms. The van der Waals surface area contributed by atoms with E-state index in [1.807, 2.05) is 6.92 Å². The molecule has 0 aromatic rings. The van der Waals surface area contributed by atoms with E-state index in [-0.39, 0.29) is 33.2 Å². The van der Waals surface area contributed by atoms with Gasteiger partial charge >= 0.3 is 5.97 Å². The van der Waals surface area contributed by atoms with E-state index in [1.54, 1.807) is 11.1 Å². The maximum atomic E-state index is 12.3. The minimum Gasteiger partial charge on any atom is -0.481 e. The molecule has 3 fully saturated rings. The lowest BCUT2D eigenvalue weighted by Crippen LogP contribution is -2.61. The number of fused-ring (bicyclic) bond motifs is 6. The third-order valence-corrected chi connectivity index (χ3v) is 13.2. The molecule has 0 aromatic heterocycles. The highest BCUT2D eigenvalue weighted by Crippen LogP contribution is 2.75. The summed E-state index contributed by atoms with van der Waals surface area (Å²) in [6.07, 6.45) is 11.8. The highest BCUT2D eigenvalue weighted by molar-refractivity contribution is 5.74. The normalized spacial score (nSPS) is 53.4. The maximum Gasteiger partial charge on any atom is 0.309 e. The SMILES string of the molecule is CC1(C)C2CCC3=C(CC[C@@]4(C)[C@@H]5C[C@](C)(C(=O)O)CC[C@]5(C)CC[C@@]34C)[C@]2(C)CC[C@@H]1O. The third-order valence-electron chi connectivity index (χ3n) is 13.2. The van der Waals surface area contributed by atoms with Gasteiger partial charge < -0.3 is 10.2 Å². The Bertz CT molecular complexity index is 902. The summed E-state index contributed by atoms with van der Waals surface area (Å²) in [5.41, 5.74) is 3.74. The molecule has 3 heteroatoms. The first kappa shape index (κ1) is 23.9. The van der Waals surface area contributed by atoms with E-state index in [0.29, 0.717) is 11.8 Å². The Morgan fingerprint density at radius 1 is 0.788 bits per heavy atom. The fraction of sp³-hybridized carbons (Fsp3) is 0.900. The smallest absolute Gasteiger partial charge is 0.309 e. The Morgan fingerprint density at radius 3 is 2.12 bits per heavy atom. The van der Waals surface area contributed by atoms with Crippen molar-refractivity contribution >= 4 is 5.97 Å². The molecule has 5 aliphatic rings. The second-order valence-electron chi connectivity index (χ2n) is 14.9. The van der Waals surface area contributed by atoms with Gasteiger partial charge in [-0.25, -0.2) is 0 Å². The molecule has 0 spiro atoms. The first-order valence-electron chi connectivity index (χ1n) is 13.8. The molecule has 2 N–H and O–H groups in total. The van der Waals surface area contributed by atoms with Crippen molar-refractivity contribution in [2.24, 2.45) is 44.3 Å². The Labute approximate surface area is 201 Å². The van der Waals surface area contributed by atoms with Gasteiger partial charge in [-0.05, 0) is 116 Å². The minimum atomic E-state index is -0.591. The van der Waals surface area contributed by atoms with Crippen molar-refractivity contribution in [3.05, 3.63) is 11.1 Å². The number of hydrogen-bond donors (Lipinski definition) is 2. The average Bonchev–Trinajstić information content (AvgIpc) is 2.74. The van der Waals surface area contributed by atoms with E-state index in [4.69, 9.17) is 0 Å². The third kappa shape index (κ3) is 2.87. The minimum absolute atomic E-state index is 0.0228. The Balaban J connectivity index is 1.59. The van der Waals surface area contributed by atoms with Gasteiger partial charge in [0.05, 0.1) is 11.5 Å². The summed E-state index contributed by atoms with van der Waals surface area (Å²) in [5.74, 6) is 0.439. The molecule has 0 saturated heterocycles. The summed E-state index contributed by atoms with van der Waals surface area (Å²) >= 11 is 0. The lowest BCUT2D eigenvalue weighted by molar-refractivity contribution is -0.175. The lowest BCUT2D eigenvalue weighted by atomic mass is 9.35. The van der Waals surface area contributed by atoms with Crippen molar-refractivity contribution in [2.75, 3.05) is 0 Å². The van der Waals surface area contributed by atoms with Gasteiger partial charge in [0.15, 0.2) is 0 Å². The van der Waals surface area contributed by atoms with Crippen LogP contribution >= 0.6 is 0 Å². The van der Waals surface area contributed by atoms with Crippen LogP contribution in [0.4, 0.5) is 0 Å². The van der Waals surface area contributed by atoms with E-state index >= 15 is 0 Å². The molecule has 0 bridgehead atoms. The molecular formula is C30H48O3. The highest BCUT2D eigenvalue weighted by atomic mass is 16.4. The molecule has 186 valence electrons. The van der Waals surface area contributed by atoms with E-state index in [2.05, 4.69) is 41.5 Å². The number of carboxylic acid groups (broad SMARTS) is 1. The molecule has 0 aliphatic heterocycles. The fourth-order valence-corrected chi connectivity index (χ4v) is 10.5. The first-order chi connectivity index (χ1) is 15.1. The Morgan fingerprint density at radius 2 is 1.45 bits per heavy atom. The average molecular weight is 457 g/mol. The second kappa shape index (κ2) is 6.89. The van der Waals surface area contributed by atoms with Crippen molar-refractivity contribution in [1.29, 1.82) is 0 Å². The van der Waals surface area contributed by atoms with Crippen molar-refractivity contribution in [3.63, 3.8) is 0 Å². The molecule has 5 aliphatic carbocycles. The van der Waals surface area contributed by atoms with Crippen molar-refractivity contribution < 1.29 is 15.0 Å². The molecule has 5 rings (SSSR count). The number of aliphatic carboxylic acids is 1. The predicted octanol–water partition coefficient (Wildman–Crippen LogP) is 7.38. The van der Waals surface area contributed by atoms with Crippen LogP contribution < -0.4 is 0 Å². The van der Waals surface area contributed by atoms with E-state index in [9.17, 15) is 15.0 Å². The van der Waals surface area contributed by atoms with Gasteiger partial charge in [0.2, 0.25) is 0 Å². The van der Waals surface area contributed by atoms with Gasteiger partial charge in [-0.3, -0.25) is 4.79 Å². The maximum absolute atomic E-state index is 12.3. The fourth-order valence-electron chi connectivity index (χ4n) is 10.5. The van der Waals surface area contributed by atoms with Crippen LogP contribution in [0.1, 0.15) is 119 Å². The molecular weight excluding hydrogens is 408 g/mol. The first-order valence-corrected chi connectivity index (χ1v) is 13.8. The van der Waals surface area contributed by atoms with Crippen molar-refractivity contribution in [3.8, 4) is 0 Å². The number of aliphatic hydroxyl groups excluding tert-OH is 1. The molecule has 8 atom stereocenters. The lowest BCUT2D eigenvalue weighted by Gasteiger charge is -2.69. The molecule has 3 saturated carbocycles. The Kier molecular flexibility index (Phi) is 4.99. The summed E-state index contributed by atoms with van der Waals surface area (Å²) in [6.45, 7) is 16.8. The van der Waals surface area contributed by atoms with Crippen molar-refractivity contribution in [2.45, 2.75) is 125 Å². The van der Waals surface area contributed by atoms with E-state index in [1.165, 1.54) is 38.5 Å². The summed E-state index contributed by atoms with van der Waals surface area (Å²) < 4.78 is 0. The number of aliphatic hydroxyl groups is 1. The Hall–Kier alpha value is -0.830. The van der Waals surface area contributed by atoms with Gasteiger partial charge in [-0.15, -0.1) is 0 Å². The molecule has 0 amide bonds. The number of carboxylic acids is 1. The van der Waals surface area contributed by atoms with Crippen LogP contribution in [0.25, 0.3) is 0 Å². The van der Waals surface area contributed by atoms with Crippen LogP contribution in [-0.2, 0) is 4.79 Å². The van der Waals surface area contributed by atoms with Crippen LogP contribution in [0.15, 0.2) is 11.1 Å². The number of allylic oxidation sites excluding steroid dienone is 2. The summed E-state index contributed by atoms with van der Waals surface area (Å²) in [6, 6.07) is 0. The standard InChI is InChI=1S/C30H48O3/c1-25(2)21-9-8-20-19(28(21,5)12-11-23(25)31)10-13-30(7)22-18-27(4,24(32)33)15-14-26(22,3)16-17-29(20,30)6/h21-23,31H,8-18H2,1-7H3,(H,32,33)/t21?,22-,23+,26-,27-,28+,29+,30+/m1/s1. The highest BCUT2D eigenvalue weighted by Gasteiger charge is 2.66. The molecule has 0 radical (unpaired) electrons. The van der Waals surface area contributed by atoms with Gasteiger partial charge in [-0.2, -0.15) is 0 Å². The number of hydrogen-bond acceptors (Lipinski definition) is 2. The van der Waals surface area contributed by atoms with Crippen LogP contribution in [0.5, 0.6) is 0 Å². The summed E-state index contributed by atoms with van der Waals surface area (Å²) in [7, 11) is 0. The largest absolute Gasteiger partial charge is 0.481 e. The van der Waals surface area contributed by atoms with Gasteiger partial charge in [-0.1, -0.05) is 52.7 Å². The van der Waals surface area contributed by atoms with Crippen LogP contribution in [-0.4, -0.2) is 22.3 Å². The molecule has 3 nitrogen and oxygen atoms in total. The predicted molar refractivity (Wildman–Crippen MR) is 133 cm³/mol. The monoisotopic (exact) mass is 456 g/mol. The quantitative estimate of drug-likeness (QED) is 0.405. The van der Waals surface area contributed by atoms with Crippen molar-refractivity contribution in [1.82, 2.24) is 0 Å². The second-order valence-corrected chi connectivity index (χ2v) is 14.9. The van der Waals surface area contributed by atoms with Crippen LogP contribution in [0.2, 0.25) is 0 Å². The number of rotatable bonds is 1. The zero-order chi connectivity index (χ0) is 24.2. The van der Waals surface area contributed by atoms with Gasteiger partial charge in [0.1, 0.15) is 0 Å². The summed E-state index contributed by atoms with van der Waals surface area (Å²) in [5, 5.41) is 21.0. The van der Waals surface area contributed by atoms with Gasteiger partial charge in [0, 0.05) is 0 Å². The van der Waals surface area contributed by atoms with Crippen LogP contribution in [0, 0.1) is 44.3 Å². The zero-order valence-electron chi connectivity index (χ0n) is 22.3. The van der Waals surface area contributed by atoms with Gasteiger partial charge in [0.25, 0.3) is 0 Å². The summed E-state index contributed by atoms with van der Waals surface area (Å²) in [4.78, 5) is 12.3.